The Morgan fingerprint density at radius 1 is 1.31 bits per heavy atom. The first-order valence-corrected chi connectivity index (χ1v) is 8.21. The van der Waals surface area contributed by atoms with Crippen molar-refractivity contribution in [3.8, 4) is 0 Å². The number of thiophene rings is 1. The fourth-order valence-electron chi connectivity index (χ4n) is 1.81. The topological polar surface area (TPSA) is 12.0 Å². The first-order chi connectivity index (χ1) is 7.77. The molecule has 0 fully saturated rings. The summed E-state index contributed by atoms with van der Waals surface area (Å²) in [5.41, 5.74) is 1.49. The first-order valence-electron chi connectivity index (χ1n) is 6.25. The molecule has 0 spiro atoms. The molecule has 1 rings (SSSR count). The van der Waals surface area contributed by atoms with Gasteiger partial charge in [0, 0.05) is 6.04 Å². The van der Waals surface area contributed by atoms with Crippen LogP contribution >= 0.6 is 33.9 Å². The zero-order chi connectivity index (χ0) is 11.8. The third kappa shape index (κ3) is 5.15. The molecule has 0 aliphatic rings. The lowest BCUT2D eigenvalue weighted by molar-refractivity contribution is 0.475. The Labute approximate surface area is 117 Å². The number of hydrogen-bond donors (Lipinski definition) is 1. The van der Waals surface area contributed by atoms with Gasteiger partial charge in [0.05, 0.1) is 2.88 Å². The maximum absolute atomic E-state index is 3.66. The normalized spacial score (nSPS) is 12.9. The lowest BCUT2D eigenvalue weighted by atomic mass is 10.0. The summed E-state index contributed by atoms with van der Waals surface area (Å²) in [4.78, 5) is 0. The number of rotatable bonds is 8. The highest BCUT2D eigenvalue weighted by Crippen LogP contribution is 2.26. The van der Waals surface area contributed by atoms with Crippen molar-refractivity contribution < 1.29 is 0 Å². The van der Waals surface area contributed by atoms with E-state index in [-0.39, 0.29) is 0 Å². The Balaban J connectivity index is 2.49. The molecule has 0 aliphatic carbocycles. The van der Waals surface area contributed by atoms with Gasteiger partial charge in [-0.05, 0) is 59.0 Å². The Morgan fingerprint density at radius 2 is 2.12 bits per heavy atom. The van der Waals surface area contributed by atoms with Crippen LogP contribution in [0.25, 0.3) is 0 Å². The summed E-state index contributed by atoms with van der Waals surface area (Å²) >= 11 is 4.26. The predicted molar refractivity (Wildman–Crippen MR) is 82.2 cm³/mol. The van der Waals surface area contributed by atoms with Gasteiger partial charge in [-0.3, -0.25) is 0 Å². The van der Waals surface area contributed by atoms with Gasteiger partial charge in [-0.15, -0.1) is 11.3 Å². The van der Waals surface area contributed by atoms with E-state index in [0.29, 0.717) is 6.04 Å². The van der Waals surface area contributed by atoms with Gasteiger partial charge in [-0.2, -0.15) is 0 Å². The van der Waals surface area contributed by atoms with E-state index < -0.39 is 0 Å². The van der Waals surface area contributed by atoms with E-state index >= 15 is 0 Å². The lowest BCUT2D eigenvalue weighted by Gasteiger charge is -2.17. The summed E-state index contributed by atoms with van der Waals surface area (Å²) < 4.78 is 1.39. The molecule has 3 heteroatoms. The minimum Gasteiger partial charge on any atom is -0.310 e. The number of hydrogen-bond acceptors (Lipinski definition) is 2. The van der Waals surface area contributed by atoms with Crippen molar-refractivity contribution in [2.45, 2.75) is 52.0 Å². The van der Waals surface area contributed by atoms with Crippen molar-refractivity contribution in [2.75, 3.05) is 6.54 Å². The zero-order valence-corrected chi connectivity index (χ0v) is 13.2. The minimum absolute atomic E-state index is 0.575. The Bertz CT molecular complexity index is 285. The Kier molecular flexibility index (Phi) is 7.66. The molecule has 0 aliphatic heterocycles. The summed E-state index contributed by atoms with van der Waals surface area (Å²) in [5, 5.41) is 5.97. The average molecular weight is 351 g/mol. The second-order valence-corrected chi connectivity index (χ2v) is 6.99. The molecule has 0 amide bonds. The second kappa shape index (κ2) is 8.48. The SMILES string of the molecule is CCCCCC(NCCC)c1csc(I)c1. The Hall–Kier alpha value is 0.390. The quantitative estimate of drug-likeness (QED) is 0.515. The largest absolute Gasteiger partial charge is 0.310 e. The van der Waals surface area contributed by atoms with Crippen LogP contribution in [0.5, 0.6) is 0 Å². The summed E-state index contributed by atoms with van der Waals surface area (Å²) in [6.07, 6.45) is 6.49. The van der Waals surface area contributed by atoms with Crippen LogP contribution in [0.3, 0.4) is 0 Å². The van der Waals surface area contributed by atoms with E-state index in [1.54, 1.807) is 0 Å². The van der Waals surface area contributed by atoms with Crippen molar-refractivity contribution in [1.82, 2.24) is 5.32 Å². The first kappa shape index (κ1) is 14.5. The molecule has 1 nitrogen and oxygen atoms in total. The van der Waals surface area contributed by atoms with Gasteiger partial charge in [0.2, 0.25) is 0 Å². The third-order valence-corrected chi connectivity index (χ3v) is 4.53. The highest BCUT2D eigenvalue weighted by molar-refractivity contribution is 14.1. The fraction of sp³-hybridized carbons (Fsp3) is 0.692. The van der Waals surface area contributed by atoms with E-state index in [9.17, 15) is 0 Å². The second-order valence-electron chi connectivity index (χ2n) is 4.19. The van der Waals surface area contributed by atoms with Gasteiger partial charge in [0.15, 0.2) is 0 Å². The van der Waals surface area contributed by atoms with Crippen LogP contribution < -0.4 is 5.32 Å². The highest BCUT2D eigenvalue weighted by atomic mass is 127. The van der Waals surface area contributed by atoms with E-state index in [1.807, 2.05) is 11.3 Å². The maximum Gasteiger partial charge on any atom is 0.0656 e. The number of halogens is 1. The smallest absolute Gasteiger partial charge is 0.0656 e. The molecule has 92 valence electrons. The molecule has 16 heavy (non-hydrogen) atoms. The highest BCUT2D eigenvalue weighted by Gasteiger charge is 2.11. The van der Waals surface area contributed by atoms with Crippen molar-refractivity contribution in [2.24, 2.45) is 0 Å². The molecule has 0 aromatic carbocycles. The molecular weight excluding hydrogens is 329 g/mol. The van der Waals surface area contributed by atoms with Gasteiger partial charge in [0.1, 0.15) is 0 Å². The van der Waals surface area contributed by atoms with Crippen LogP contribution in [-0.2, 0) is 0 Å². The summed E-state index contributed by atoms with van der Waals surface area (Å²) in [5.74, 6) is 0. The lowest BCUT2D eigenvalue weighted by Crippen LogP contribution is -2.21. The molecule has 1 aromatic rings. The summed E-state index contributed by atoms with van der Waals surface area (Å²) in [7, 11) is 0. The summed E-state index contributed by atoms with van der Waals surface area (Å²) in [6, 6.07) is 2.90. The average Bonchev–Trinajstić information content (AvgIpc) is 2.70. The molecule has 1 N–H and O–H groups in total. The standard InChI is InChI=1S/C13H22INS/c1-3-5-6-7-12(15-8-4-2)11-9-13(14)16-10-11/h9-10,12,15H,3-8H2,1-2H3. The van der Waals surface area contributed by atoms with Gasteiger partial charge in [0.25, 0.3) is 0 Å². The van der Waals surface area contributed by atoms with E-state index in [0.717, 1.165) is 6.54 Å². The van der Waals surface area contributed by atoms with Crippen molar-refractivity contribution in [1.29, 1.82) is 0 Å². The number of unbranched alkanes of at least 4 members (excludes halogenated alkanes) is 2. The maximum atomic E-state index is 3.66. The molecule has 1 aromatic heterocycles. The molecule has 0 saturated carbocycles. The van der Waals surface area contributed by atoms with Gasteiger partial charge >= 0.3 is 0 Å². The van der Waals surface area contributed by atoms with Crippen LogP contribution in [0.4, 0.5) is 0 Å². The van der Waals surface area contributed by atoms with E-state index in [1.165, 1.54) is 40.6 Å². The Morgan fingerprint density at radius 3 is 2.69 bits per heavy atom. The van der Waals surface area contributed by atoms with Crippen molar-refractivity contribution in [3.63, 3.8) is 0 Å². The summed E-state index contributed by atoms with van der Waals surface area (Å²) in [6.45, 7) is 5.62. The van der Waals surface area contributed by atoms with Crippen LogP contribution in [0.1, 0.15) is 57.6 Å². The van der Waals surface area contributed by atoms with Gasteiger partial charge in [-0.1, -0.05) is 33.1 Å². The molecule has 1 unspecified atom stereocenters. The monoisotopic (exact) mass is 351 g/mol. The minimum atomic E-state index is 0.575. The molecule has 1 heterocycles. The van der Waals surface area contributed by atoms with Crippen LogP contribution in [0.15, 0.2) is 11.4 Å². The zero-order valence-electron chi connectivity index (χ0n) is 10.3. The molecule has 0 radical (unpaired) electrons. The van der Waals surface area contributed by atoms with Gasteiger partial charge in [-0.25, -0.2) is 0 Å². The van der Waals surface area contributed by atoms with E-state index in [4.69, 9.17) is 0 Å². The van der Waals surface area contributed by atoms with Crippen LogP contribution in [-0.4, -0.2) is 6.54 Å². The predicted octanol–water partition coefficient (Wildman–Crippen LogP) is 4.97. The molecular formula is C13H22INS. The third-order valence-electron chi connectivity index (χ3n) is 2.73. The number of nitrogens with one attached hydrogen (secondary N) is 1. The van der Waals surface area contributed by atoms with Crippen LogP contribution in [0.2, 0.25) is 0 Å². The molecule has 1 atom stereocenters. The molecule has 0 bridgehead atoms. The fourth-order valence-corrected chi connectivity index (χ4v) is 3.24. The van der Waals surface area contributed by atoms with Crippen LogP contribution in [0, 0.1) is 2.88 Å². The van der Waals surface area contributed by atoms with Crippen molar-refractivity contribution >= 4 is 33.9 Å². The molecule has 0 saturated heterocycles. The van der Waals surface area contributed by atoms with Crippen molar-refractivity contribution in [3.05, 3.63) is 19.9 Å². The van der Waals surface area contributed by atoms with E-state index in [2.05, 4.69) is 53.2 Å². The van der Waals surface area contributed by atoms with Gasteiger partial charge < -0.3 is 5.32 Å².